The number of halogens is 1. The highest BCUT2D eigenvalue weighted by molar-refractivity contribution is 6.32. The van der Waals surface area contributed by atoms with Gasteiger partial charge in [-0.05, 0) is 45.9 Å². The van der Waals surface area contributed by atoms with Gasteiger partial charge in [-0.1, -0.05) is 11.6 Å². The van der Waals surface area contributed by atoms with Crippen LogP contribution in [0.5, 0.6) is 5.75 Å². The summed E-state index contributed by atoms with van der Waals surface area (Å²) in [6.07, 6.45) is -0.111. The van der Waals surface area contributed by atoms with Gasteiger partial charge < -0.3 is 19.5 Å². The lowest BCUT2D eigenvalue weighted by Gasteiger charge is -2.23. The molecule has 1 aromatic rings. The molecule has 0 aliphatic heterocycles. The molecular formula is C16H24ClNO4. The Labute approximate surface area is 136 Å². The Morgan fingerprint density at radius 3 is 2.64 bits per heavy atom. The van der Waals surface area contributed by atoms with Crippen molar-refractivity contribution in [3.05, 3.63) is 23.2 Å². The first-order valence-electron chi connectivity index (χ1n) is 7.20. The van der Waals surface area contributed by atoms with Crippen molar-refractivity contribution in [2.45, 2.75) is 39.4 Å². The lowest BCUT2D eigenvalue weighted by molar-refractivity contribution is -0.136. The van der Waals surface area contributed by atoms with Crippen LogP contribution in [-0.2, 0) is 14.3 Å². The largest absolute Gasteiger partial charge is 0.487 e. The highest BCUT2D eigenvalue weighted by Crippen LogP contribution is 2.29. The molecule has 0 fully saturated rings. The van der Waals surface area contributed by atoms with E-state index in [4.69, 9.17) is 25.8 Å². The number of hydrogen-bond acceptors (Lipinski definition) is 4. The van der Waals surface area contributed by atoms with Crippen LogP contribution in [0, 0.1) is 0 Å². The predicted molar refractivity (Wildman–Crippen MR) is 87.8 cm³/mol. The summed E-state index contributed by atoms with van der Waals surface area (Å²) >= 11 is 6.18. The number of carbonyl (C=O) groups excluding carboxylic acids is 1. The number of anilines is 1. The van der Waals surface area contributed by atoms with Gasteiger partial charge in [0.15, 0.2) is 0 Å². The number of rotatable bonds is 8. The van der Waals surface area contributed by atoms with Crippen molar-refractivity contribution in [3.63, 3.8) is 0 Å². The third kappa shape index (κ3) is 5.48. The van der Waals surface area contributed by atoms with Crippen LogP contribution < -0.4 is 10.1 Å². The zero-order valence-corrected chi connectivity index (χ0v) is 14.5. The summed E-state index contributed by atoms with van der Waals surface area (Å²) in [7, 11) is 1.61. The Morgan fingerprint density at radius 1 is 1.41 bits per heavy atom. The molecule has 1 amide bonds. The molecule has 0 aliphatic rings. The van der Waals surface area contributed by atoms with Gasteiger partial charge in [-0.15, -0.1) is 0 Å². The summed E-state index contributed by atoms with van der Waals surface area (Å²) in [5.41, 5.74) is -0.307. The normalized spacial score (nSPS) is 12.8. The number of nitrogens with one attached hydrogen (secondary N) is 1. The fraction of sp³-hybridized carbons (Fsp3) is 0.562. The monoisotopic (exact) mass is 329 g/mol. The van der Waals surface area contributed by atoms with E-state index in [0.29, 0.717) is 29.7 Å². The van der Waals surface area contributed by atoms with E-state index in [1.165, 1.54) is 0 Å². The standard InChI is InChI=1S/C16H24ClNO4/c1-6-21-16(3,4)15(19)18-12-7-8-14(13(17)9-12)22-11(2)10-20-5/h7-9,11H,6,10H2,1-5H3,(H,18,19). The van der Waals surface area contributed by atoms with Crippen molar-refractivity contribution >= 4 is 23.2 Å². The summed E-state index contributed by atoms with van der Waals surface area (Å²) in [5, 5.41) is 3.21. The molecule has 0 spiro atoms. The van der Waals surface area contributed by atoms with Gasteiger partial charge in [-0.2, -0.15) is 0 Å². The maximum Gasteiger partial charge on any atom is 0.256 e. The van der Waals surface area contributed by atoms with E-state index in [0.717, 1.165) is 0 Å². The maximum atomic E-state index is 12.2. The Morgan fingerprint density at radius 2 is 2.09 bits per heavy atom. The molecule has 1 N–H and O–H groups in total. The van der Waals surface area contributed by atoms with Crippen molar-refractivity contribution in [1.29, 1.82) is 0 Å². The second-order valence-electron chi connectivity index (χ2n) is 5.43. The van der Waals surface area contributed by atoms with Crippen LogP contribution in [0.25, 0.3) is 0 Å². The molecule has 1 aromatic carbocycles. The molecule has 5 nitrogen and oxygen atoms in total. The summed E-state index contributed by atoms with van der Waals surface area (Å²) in [5.74, 6) is 0.320. The molecule has 124 valence electrons. The summed E-state index contributed by atoms with van der Waals surface area (Å²) in [6, 6.07) is 5.11. The molecule has 0 saturated carbocycles. The van der Waals surface area contributed by atoms with E-state index in [1.54, 1.807) is 39.2 Å². The molecule has 22 heavy (non-hydrogen) atoms. The third-order valence-electron chi connectivity index (χ3n) is 2.97. The summed E-state index contributed by atoms with van der Waals surface area (Å²) < 4.78 is 16.1. The highest BCUT2D eigenvalue weighted by Gasteiger charge is 2.28. The van der Waals surface area contributed by atoms with Gasteiger partial charge >= 0.3 is 0 Å². The van der Waals surface area contributed by atoms with Gasteiger partial charge in [0.1, 0.15) is 17.5 Å². The van der Waals surface area contributed by atoms with Crippen molar-refractivity contribution in [3.8, 4) is 5.75 Å². The van der Waals surface area contributed by atoms with Crippen LogP contribution in [0.1, 0.15) is 27.7 Å². The van der Waals surface area contributed by atoms with Gasteiger partial charge in [0.25, 0.3) is 5.91 Å². The minimum absolute atomic E-state index is 0.111. The lowest BCUT2D eigenvalue weighted by Crippen LogP contribution is -2.39. The van der Waals surface area contributed by atoms with E-state index in [-0.39, 0.29) is 12.0 Å². The van der Waals surface area contributed by atoms with E-state index in [2.05, 4.69) is 5.32 Å². The Balaban J connectivity index is 2.75. The molecule has 0 heterocycles. The zero-order valence-electron chi connectivity index (χ0n) is 13.7. The van der Waals surface area contributed by atoms with Crippen LogP contribution >= 0.6 is 11.6 Å². The average Bonchev–Trinajstić information content (AvgIpc) is 2.42. The van der Waals surface area contributed by atoms with Crippen LogP contribution in [0.2, 0.25) is 5.02 Å². The molecular weight excluding hydrogens is 306 g/mol. The Hall–Kier alpha value is -1.30. The first-order valence-corrected chi connectivity index (χ1v) is 7.58. The van der Waals surface area contributed by atoms with Gasteiger partial charge in [0.05, 0.1) is 11.6 Å². The first-order chi connectivity index (χ1) is 10.3. The molecule has 0 bridgehead atoms. The van der Waals surface area contributed by atoms with Crippen molar-refractivity contribution in [1.82, 2.24) is 0 Å². The van der Waals surface area contributed by atoms with Gasteiger partial charge in [-0.3, -0.25) is 4.79 Å². The fourth-order valence-electron chi connectivity index (χ4n) is 1.87. The summed E-state index contributed by atoms with van der Waals surface area (Å²) in [6.45, 7) is 8.11. The molecule has 1 rings (SSSR count). The zero-order chi connectivity index (χ0) is 16.8. The van der Waals surface area contributed by atoms with Gasteiger partial charge in [0.2, 0.25) is 0 Å². The Bertz CT molecular complexity index is 505. The van der Waals surface area contributed by atoms with Crippen molar-refractivity contribution in [2.24, 2.45) is 0 Å². The second-order valence-corrected chi connectivity index (χ2v) is 5.83. The van der Waals surface area contributed by atoms with E-state index in [1.807, 2.05) is 13.8 Å². The summed E-state index contributed by atoms with van der Waals surface area (Å²) in [4.78, 5) is 12.2. The quantitative estimate of drug-likeness (QED) is 0.793. The van der Waals surface area contributed by atoms with Gasteiger partial charge in [0, 0.05) is 19.4 Å². The number of amides is 1. The Kier molecular flexibility index (Phi) is 7.13. The topological polar surface area (TPSA) is 56.8 Å². The minimum atomic E-state index is -0.899. The predicted octanol–water partition coefficient (Wildman–Crippen LogP) is 3.51. The van der Waals surface area contributed by atoms with Crippen molar-refractivity contribution in [2.75, 3.05) is 25.6 Å². The van der Waals surface area contributed by atoms with Crippen LogP contribution in [0.15, 0.2) is 18.2 Å². The van der Waals surface area contributed by atoms with Gasteiger partial charge in [-0.25, -0.2) is 0 Å². The number of hydrogen-bond donors (Lipinski definition) is 1. The number of methoxy groups -OCH3 is 1. The van der Waals surface area contributed by atoms with Crippen LogP contribution in [0.4, 0.5) is 5.69 Å². The van der Waals surface area contributed by atoms with E-state index in [9.17, 15) is 4.79 Å². The molecule has 0 radical (unpaired) electrons. The minimum Gasteiger partial charge on any atom is -0.487 e. The van der Waals surface area contributed by atoms with Crippen LogP contribution in [-0.4, -0.2) is 37.9 Å². The molecule has 1 atom stereocenters. The average molecular weight is 330 g/mol. The highest BCUT2D eigenvalue weighted by atomic mass is 35.5. The SMILES string of the molecule is CCOC(C)(C)C(=O)Nc1ccc(OC(C)COC)c(Cl)c1. The first kappa shape index (κ1) is 18.7. The molecule has 6 heteroatoms. The smallest absolute Gasteiger partial charge is 0.256 e. The number of carbonyl (C=O) groups is 1. The lowest BCUT2D eigenvalue weighted by atomic mass is 10.1. The van der Waals surface area contributed by atoms with Crippen LogP contribution in [0.3, 0.4) is 0 Å². The second kappa shape index (κ2) is 8.36. The number of benzene rings is 1. The fourth-order valence-corrected chi connectivity index (χ4v) is 2.09. The third-order valence-corrected chi connectivity index (χ3v) is 3.27. The maximum absolute atomic E-state index is 12.2. The molecule has 0 aromatic heterocycles. The van der Waals surface area contributed by atoms with E-state index >= 15 is 0 Å². The molecule has 1 unspecified atom stereocenters. The molecule has 0 aliphatic carbocycles. The van der Waals surface area contributed by atoms with E-state index < -0.39 is 5.60 Å². The van der Waals surface area contributed by atoms with Crippen molar-refractivity contribution < 1.29 is 19.0 Å². The molecule has 0 saturated heterocycles. The number of ether oxygens (including phenoxy) is 3.